The van der Waals surface area contributed by atoms with Crippen LogP contribution in [0.4, 0.5) is 0 Å². The average Bonchev–Trinajstić information content (AvgIpc) is 3.17. The van der Waals surface area contributed by atoms with Crippen LogP contribution in [-0.4, -0.2) is 12.6 Å². The molecule has 0 amide bonds. The molecule has 0 radical (unpaired) electrons. The number of hydrogen-bond donors (Lipinski definition) is 0. The van der Waals surface area contributed by atoms with Crippen molar-refractivity contribution >= 4 is 16.9 Å². The van der Waals surface area contributed by atoms with Crippen LogP contribution in [0.1, 0.15) is 40.6 Å². The monoisotopic (exact) mass is 320 g/mol. The summed E-state index contributed by atoms with van der Waals surface area (Å²) in [6, 6.07) is 12.4. The molecule has 1 aromatic heterocycles. The number of carbonyl (C=O) groups excluding carboxylic acids is 1. The molecule has 24 heavy (non-hydrogen) atoms. The van der Waals surface area contributed by atoms with Gasteiger partial charge >= 0.3 is 5.97 Å². The minimum Gasteiger partial charge on any atom is -0.460 e. The molecular weight excluding hydrogens is 300 g/mol. The molecule has 1 aliphatic rings. The molecule has 1 heterocycles. The normalized spacial score (nSPS) is 13.2. The number of fused-ring (bicyclic) bond motifs is 2. The van der Waals surface area contributed by atoms with Crippen LogP contribution in [0.15, 0.2) is 40.8 Å². The van der Waals surface area contributed by atoms with Crippen molar-refractivity contribution in [1.82, 2.24) is 0 Å². The molecule has 1 aliphatic carbocycles. The Morgan fingerprint density at radius 3 is 2.67 bits per heavy atom. The van der Waals surface area contributed by atoms with Crippen molar-refractivity contribution in [1.29, 1.82) is 0 Å². The zero-order valence-electron chi connectivity index (χ0n) is 14.0. The van der Waals surface area contributed by atoms with E-state index in [1.165, 1.54) is 17.5 Å². The Morgan fingerprint density at radius 2 is 1.92 bits per heavy atom. The van der Waals surface area contributed by atoms with E-state index in [0.29, 0.717) is 12.4 Å². The second-order valence-corrected chi connectivity index (χ2v) is 6.31. The van der Waals surface area contributed by atoms with E-state index in [1.54, 1.807) is 0 Å². The van der Waals surface area contributed by atoms with Gasteiger partial charge in [0.2, 0.25) is 5.76 Å². The molecular formula is C21H20O3. The summed E-state index contributed by atoms with van der Waals surface area (Å²) in [5, 5.41) is 1.01. The summed E-state index contributed by atoms with van der Waals surface area (Å²) in [6.45, 7) is 4.19. The summed E-state index contributed by atoms with van der Waals surface area (Å²) in [6.07, 6.45) is 3.37. The van der Waals surface area contributed by atoms with Gasteiger partial charge in [-0.3, -0.25) is 0 Å². The van der Waals surface area contributed by atoms with Crippen LogP contribution in [-0.2, 0) is 17.6 Å². The smallest absolute Gasteiger partial charge is 0.374 e. The Morgan fingerprint density at radius 1 is 1.17 bits per heavy atom. The molecule has 0 fully saturated rings. The number of carbonyl (C=O) groups is 1. The quantitative estimate of drug-likeness (QED) is 0.632. The summed E-state index contributed by atoms with van der Waals surface area (Å²) in [5.41, 5.74) is 6.48. The van der Waals surface area contributed by atoms with Gasteiger partial charge in [0.05, 0.1) is 6.61 Å². The molecule has 3 nitrogen and oxygen atoms in total. The van der Waals surface area contributed by atoms with E-state index in [-0.39, 0.29) is 0 Å². The van der Waals surface area contributed by atoms with Crippen LogP contribution < -0.4 is 0 Å². The van der Waals surface area contributed by atoms with Crippen LogP contribution in [0.2, 0.25) is 0 Å². The van der Waals surface area contributed by atoms with Crippen LogP contribution in [0.25, 0.3) is 22.1 Å². The Bertz CT molecular complexity index is 934. The van der Waals surface area contributed by atoms with Gasteiger partial charge in [0.15, 0.2) is 0 Å². The highest BCUT2D eigenvalue weighted by atomic mass is 16.5. The van der Waals surface area contributed by atoms with Gasteiger partial charge in [-0.05, 0) is 67.5 Å². The van der Waals surface area contributed by atoms with E-state index in [0.717, 1.165) is 40.5 Å². The minimum atomic E-state index is -0.396. The number of benzene rings is 2. The fourth-order valence-electron chi connectivity index (χ4n) is 3.63. The third kappa shape index (κ3) is 2.32. The second kappa shape index (κ2) is 5.82. The Labute approximate surface area is 141 Å². The summed E-state index contributed by atoms with van der Waals surface area (Å²) >= 11 is 0. The van der Waals surface area contributed by atoms with Crippen molar-refractivity contribution in [3.05, 3.63) is 58.8 Å². The van der Waals surface area contributed by atoms with Crippen molar-refractivity contribution in [2.45, 2.75) is 33.1 Å². The fourth-order valence-corrected chi connectivity index (χ4v) is 3.63. The number of rotatable bonds is 3. The first-order valence-corrected chi connectivity index (χ1v) is 8.50. The van der Waals surface area contributed by atoms with Gasteiger partial charge in [-0.15, -0.1) is 0 Å². The average molecular weight is 320 g/mol. The fraction of sp³-hybridized carbons (Fsp3) is 0.286. The Hall–Kier alpha value is -2.55. The molecule has 0 spiro atoms. The first kappa shape index (κ1) is 15.0. The third-order valence-electron chi connectivity index (χ3n) is 4.78. The number of hydrogen-bond acceptors (Lipinski definition) is 3. The predicted octanol–water partition coefficient (Wildman–Crippen LogP) is 5.07. The van der Waals surface area contributed by atoms with E-state index in [1.807, 2.05) is 25.1 Å². The summed E-state index contributed by atoms with van der Waals surface area (Å²) < 4.78 is 11.2. The molecule has 4 rings (SSSR count). The highest BCUT2D eigenvalue weighted by molar-refractivity contribution is 6.07. The largest absolute Gasteiger partial charge is 0.460 e. The molecule has 0 bridgehead atoms. The highest BCUT2D eigenvalue weighted by Crippen LogP contribution is 2.39. The van der Waals surface area contributed by atoms with Gasteiger partial charge in [0.25, 0.3) is 0 Å². The summed E-state index contributed by atoms with van der Waals surface area (Å²) in [5.74, 6) is -0.0862. The van der Waals surface area contributed by atoms with Crippen molar-refractivity contribution in [3.8, 4) is 11.1 Å². The maximum atomic E-state index is 12.5. The number of esters is 1. The topological polar surface area (TPSA) is 39.4 Å². The van der Waals surface area contributed by atoms with Gasteiger partial charge in [-0.1, -0.05) is 24.3 Å². The Kier molecular flexibility index (Phi) is 3.64. The van der Waals surface area contributed by atoms with Gasteiger partial charge in [0, 0.05) is 10.9 Å². The van der Waals surface area contributed by atoms with Gasteiger partial charge in [-0.25, -0.2) is 4.79 Å². The molecule has 0 saturated carbocycles. The molecule has 122 valence electrons. The number of aryl methyl sites for hydroxylation is 3. The minimum absolute atomic E-state index is 0.310. The van der Waals surface area contributed by atoms with Gasteiger partial charge < -0.3 is 9.15 Å². The molecule has 0 saturated heterocycles. The lowest BCUT2D eigenvalue weighted by atomic mass is 9.96. The van der Waals surface area contributed by atoms with Gasteiger partial charge in [-0.2, -0.15) is 0 Å². The molecule has 3 heteroatoms. The maximum absolute atomic E-state index is 12.5. The van der Waals surface area contributed by atoms with E-state index < -0.39 is 5.97 Å². The molecule has 3 aromatic rings. The number of furan rings is 1. The molecule has 0 unspecified atom stereocenters. The molecule has 2 aromatic carbocycles. The Balaban J connectivity index is 2.02. The summed E-state index contributed by atoms with van der Waals surface area (Å²) in [7, 11) is 0. The van der Waals surface area contributed by atoms with E-state index in [2.05, 4.69) is 25.1 Å². The molecule has 0 N–H and O–H groups in total. The van der Waals surface area contributed by atoms with Crippen molar-refractivity contribution in [2.75, 3.05) is 6.61 Å². The van der Waals surface area contributed by atoms with Crippen LogP contribution >= 0.6 is 0 Å². The van der Waals surface area contributed by atoms with Crippen LogP contribution in [0.3, 0.4) is 0 Å². The highest BCUT2D eigenvalue weighted by Gasteiger charge is 2.25. The zero-order chi connectivity index (χ0) is 16.7. The SMILES string of the molecule is CCOC(=O)c1oc2cc3c(cc2c1-c1ccccc1C)CCC3. The van der Waals surface area contributed by atoms with E-state index in [9.17, 15) is 4.79 Å². The first-order valence-electron chi connectivity index (χ1n) is 8.50. The third-order valence-corrected chi connectivity index (χ3v) is 4.78. The standard InChI is InChI=1S/C21H20O3/c1-3-23-21(22)20-19(16-10-5-4-7-13(16)2)17-11-14-8-6-9-15(14)12-18(17)24-20/h4-5,7,10-12H,3,6,8-9H2,1-2H3. The first-order chi connectivity index (χ1) is 11.7. The lowest BCUT2D eigenvalue weighted by Crippen LogP contribution is -2.04. The van der Waals surface area contributed by atoms with Crippen molar-refractivity contribution in [2.24, 2.45) is 0 Å². The molecule has 0 aliphatic heterocycles. The second-order valence-electron chi connectivity index (χ2n) is 6.31. The lowest BCUT2D eigenvalue weighted by molar-refractivity contribution is 0.0494. The maximum Gasteiger partial charge on any atom is 0.374 e. The van der Waals surface area contributed by atoms with Crippen LogP contribution in [0.5, 0.6) is 0 Å². The zero-order valence-corrected chi connectivity index (χ0v) is 14.0. The number of ether oxygens (including phenoxy) is 1. The van der Waals surface area contributed by atoms with E-state index >= 15 is 0 Å². The van der Waals surface area contributed by atoms with E-state index in [4.69, 9.17) is 9.15 Å². The predicted molar refractivity (Wildman–Crippen MR) is 94.4 cm³/mol. The lowest BCUT2D eigenvalue weighted by Gasteiger charge is -2.07. The van der Waals surface area contributed by atoms with Crippen molar-refractivity contribution < 1.29 is 13.9 Å². The summed E-state index contributed by atoms with van der Waals surface area (Å²) in [4.78, 5) is 12.5. The molecule has 0 atom stereocenters. The van der Waals surface area contributed by atoms with Gasteiger partial charge in [0.1, 0.15) is 5.58 Å². The van der Waals surface area contributed by atoms with Crippen molar-refractivity contribution in [3.63, 3.8) is 0 Å². The van der Waals surface area contributed by atoms with Crippen LogP contribution in [0, 0.1) is 6.92 Å².